The van der Waals surface area contributed by atoms with Gasteiger partial charge in [0.2, 0.25) is 5.78 Å². The van der Waals surface area contributed by atoms with Gasteiger partial charge in [0, 0.05) is 5.56 Å². The van der Waals surface area contributed by atoms with E-state index in [0.29, 0.717) is 0 Å². The third-order valence-corrected chi connectivity index (χ3v) is 2.54. The van der Waals surface area contributed by atoms with Crippen molar-refractivity contribution in [3.63, 3.8) is 0 Å². The summed E-state index contributed by atoms with van der Waals surface area (Å²) in [5.74, 6) is -0.954. The van der Waals surface area contributed by atoms with Crippen LogP contribution in [0, 0.1) is 0 Å². The summed E-state index contributed by atoms with van der Waals surface area (Å²) < 4.78 is 36.4. The van der Waals surface area contributed by atoms with Gasteiger partial charge in [-0.15, -0.1) is 0 Å². The Labute approximate surface area is 99.5 Å². The Bertz CT molecular complexity index is 423. The maximum atomic E-state index is 12.1. The fourth-order valence-corrected chi connectivity index (χ4v) is 1.24. The van der Waals surface area contributed by atoms with Crippen molar-refractivity contribution in [3.05, 3.63) is 46.0 Å². The molecule has 6 heteroatoms. The van der Waals surface area contributed by atoms with Crippen LogP contribution in [0.1, 0.15) is 10.4 Å². The highest BCUT2D eigenvalue weighted by Gasteiger charge is 2.36. The van der Waals surface area contributed by atoms with Gasteiger partial charge in [-0.05, 0) is 0 Å². The topological polar surface area (TPSA) is 17.1 Å². The summed E-state index contributed by atoms with van der Waals surface area (Å²) in [6, 6.07) is 7.36. The van der Waals surface area contributed by atoms with Crippen LogP contribution in [0.4, 0.5) is 13.2 Å². The zero-order valence-corrected chi connectivity index (χ0v) is 9.20. The van der Waals surface area contributed by atoms with Gasteiger partial charge in [0.25, 0.3) is 0 Å². The number of allylic oxidation sites excluding steroid dienone is 2. The van der Waals surface area contributed by atoms with E-state index in [-0.39, 0.29) is 5.56 Å². The SMILES string of the molecule is O=C(/C(Cl)=C(\Cl)C(F)(F)F)c1ccccc1. The number of rotatable bonds is 2. The third kappa shape index (κ3) is 3.00. The molecule has 0 aromatic heterocycles. The Morgan fingerprint density at radius 1 is 1.06 bits per heavy atom. The Hall–Kier alpha value is -1.00. The summed E-state index contributed by atoms with van der Waals surface area (Å²) >= 11 is 10.2. The summed E-state index contributed by atoms with van der Waals surface area (Å²) in [4.78, 5) is 11.5. The molecule has 16 heavy (non-hydrogen) atoms. The van der Waals surface area contributed by atoms with E-state index in [2.05, 4.69) is 0 Å². The molecule has 0 aliphatic carbocycles. The first kappa shape index (κ1) is 13.1. The highest BCUT2D eigenvalue weighted by Crippen LogP contribution is 2.33. The monoisotopic (exact) mass is 268 g/mol. The first-order chi connectivity index (χ1) is 7.34. The maximum absolute atomic E-state index is 12.1. The molecular formula is C10H5Cl2F3O. The van der Waals surface area contributed by atoms with Crippen LogP contribution < -0.4 is 0 Å². The van der Waals surface area contributed by atoms with Crippen molar-refractivity contribution in [1.82, 2.24) is 0 Å². The zero-order valence-electron chi connectivity index (χ0n) is 7.68. The first-order valence-corrected chi connectivity index (χ1v) is 4.82. The van der Waals surface area contributed by atoms with Crippen LogP contribution in [0.15, 0.2) is 40.4 Å². The summed E-state index contributed by atoms with van der Waals surface area (Å²) in [7, 11) is 0. The van der Waals surface area contributed by atoms with E-state index >= 15 is 0 Å². The van der Waals surface area contributed by atoms with Gasteiger partial charge in [-0.1, -0.05) is 53.5 Å². The number of carbonyl (C=O) groups is 1. The minimum absolute atomic E-state index is 0.0508. The summed E-state index contributed by atoms with van der Waals surface area (Å²) in [5.41, 5.74) is 0.0508. The minimum Gasteiger partial charge on any atom is -0.288 e. The van der Waals surface area contributed by atoms with Gasteiger partial charge in [0.1, 0.15) is 10.1 Å². The number of benzene rings is 1. The molecule has 0 saturated heterocycles. The molecular weight excluding hydrogens is 264 g/mol. The lowest BCUT2D eigenvalue weighted by Crippen LogP contribution is -2.12. The molecule has 0 aliphatic heterocycles. The molecule has 0 aliphatic rings. The van der Waals surface area contributed by atoms with Gasteiger partial charge >= 0.3 is 6.18 Å². The van der Waals surface area contributed by atoms with Crippen LogP contribution >= 0.6 is 23.2 Å². The normalized spacial score (nSPS) is 13.3. The second-order valence-electron chi connectivity index (χ2n) is 2.82. The predicted molar refractivity (Wildman–Crippen MR) is 55.6 cm³/mol. The van der Waals surface area contributed by atoms with E-state index in [1.54, 1.807) is 6.07 Å². The third-order valence-electron chi connectivity index (χ3n) is 1.68. The van der Waals surface area contributed by atoms with E-state index in [9.17, 15) is 18.0 Å². The summed E-state index contributed by atoms with van der Waals surface area (Å²) in [6.07, 6.45) is -4.82. The number of ketones is 1. The van der Waals surface area contributed by atoms with Crippen molar-refractivity contribution in [3.8, 4) is 0 Å². The molecule has 0 bridgehead atoms. The van der Waals surface area contributed by atoms with E-state index in [1.165, 1.54) is 24.3 Å². The lowest BCUT2D eigenvalue weighted by atomic mass is 10.1. The van der Waals surface area contributed by atoms with Crippen LogP contribution in [-0.2, 0) is 0 Å². The lowest BCUT2D eigenvalue weighted by Gasteiger charge is -2.06. The van der Waals surface area contributed by atoms with Crippen LogP contribution in [-0.4, -0.2) is 12.0 Å². The van der Waals surface area contributed by atoms with Crippen molar-refractivity contribution in [1.29, 1.82) is 0 Å². The van der Waals surface area contributed by atoms with Crippen molar-refractivity contribution in [2.75, 3.05) is 0 Å². The molecule has 1 rings (SSSR count). The van der Waals surface area contributed by atoms with E-state index in [4.69, 9.17) is 23.2 Å². The van der Waals surface area contributed by atoms with Gasteiger partial charge in [-0.3, -0.25) is 4.79 Å². The first-order valence-electron chi connectivity index (χ1n) is 4.06. The zero-order chi connectivity index (χ0) is 12.3. The molecule has 0 atom stereocenters. The van der Waals surface area contributed by atoms with Crippen molar-refractivity contribution in [2.24, 2.45) is 0 Å². The second-order valence-corrected chi connectivity index (χ2v) is 3.58. The molecule has 0 saturated carbocycles. The van der Waals surface area contributed by atoms with Crippen molar-refractivity contribution in [2.45, 2.75) is 6.18 Å². The Morgan fingerprint density at radius 2 is 1.56 bits per heavy atom. The van der Waals surface area contributed by atoms with Gasteiger partial charge in [-0.25, -0.2) is 0 Å². The number of hydrogen-bond acceptors (Lipinski definition) is 1. The molecule has 1 aromatic rings. The van der Waals surface area contributed by atoms with Gasteiger partial charge in [0.05, 0.1) is 0 Å². The van der Waals surface area contributed by atoms with Gasteiger partial charge < -0.3 is 0 Å². The Balaban J connectivity index is 3.09. The standard InChI is InChI=1S/C10H5Cl2F3O/c11-7(9(12)10(13,14)15)8(16)6-4-2-1-3-5-6/h1-5H/b9-7+. The molecule has 0 heterocycles. The second kappa shape index (κ2) is 4.89. The fourth-order valence-electron chi connectivity index (χ4n) is 0.940. The van der Waals surface area contributed by atoms with Crippen molar-refractivity contribution < 1.29 is 18.0 Å². The van der Waals surface area contributed by atoms with Crippen LogP contribution in [0.25, 0.3) is 0 Å². The molecule has 1 aromatic carbocycles. The smallest absolute Gasteiger partial charge is 0.288 e. The Morgan fingerprint density at radius 3 is 2.00 bits per heavy atom. The molecule has 0 unspecified atom stereocenters. The number of halogens is 5. The highest BCUT2D eigenvalue weighted by molar-refractivity contribution is 6.50. The van der Waals surface area contributed by atoms with E-state index in [1.807, 2.05) is 0 Å². The lowest BCUT2D eigenvalue weighted by molar-refractivity contribution is -0.0848. The van der Waals surface area contributed by atoms with E-state index in [0.717, 1.165) is 0 Å². The Kier molecular flexibility index (Phi) is 3.99. The van der Waals surface area contributed by atoms with Crippen LogP contribution in [0.2, 0.25) is 0 Å². The average Bonchev–Trinajstić information content (AvgIpc) is 2.26. The molecule has 86 valence electrons. The van der Waals surface area contributed by atoms with Crippen molar-refractivity contribution >= 4 is 29.0 Å². The highest BCUT2D eigenvalue weighted by atomic mass is 35.5. The molecule has 0 fully saturated rings. The molecule has 0 spiro atoms. The number of carbonyl (C=O) groups excluding carboxylic acids is 1. The summed E-state index contributed by atoms with van der Waals surface area (Å²) in [6.45, 7) is 0. The minimum atomic E-state index is -4.82. The molecule has 0 N–H and O–H groups in total. The van der Waals surface area contributed by atoms with Crippen LogP contribution in [0.5, 0.6) is 0 Å². The fraction of sp³-hybridized carbons (Fsp3) is 0.100. The largest absolute Gasteiger partial charge is 0.428 e. The number of hydrogen-bond donors (Lipinski definition) is 0. The molecule has 0 radical (unpaired) electrons. The van der Waals surface area contributed by atoms with Gasteiger partial charge in [-0.2, -0.15) is 13.2 Å². The number of Topliss-reactive ketones (excluding diaryl/α,β-unsaturated/α-hetero) is 1. The predicted octanol–water partition coefficient (Wildman–Crippen LogP) is 4.12. The maximum Gasteiger partial charge on any atom is 0.428 e. The molecule has 0 amide bonds. The average molecular weight is 269 g/mol. The summed E-state index contributed by atoms with van der Waals surface area (Å²) in [5, 5.41) is -2.64. The number of alkyl halides is 3. The van der Waals surface area contributed by atoms with Gasteiger partial charge in [0.15, 0.2) is 0 Å². The molecule has 1 nitrogen and oxygen atoms in total. The van der Waals surface area contributed by atoms with Crippen LogP contribution in [0.3, 0.4) is 0 Å². The van der Waals surface area contributed by atoms with E-state index < -0.39 is 22.0 Å². The quantitative estimate of drug-likeness (QED) is 0.583.